The van der Waals surface area contributed by atoms with Crippen LogP contribution in [0.5, 0.6) is 5.75 Å². The summed E-state index contributed by atoms with van der Waals surface area (Å²) in [5.41, 5.74) is 1.17. The molecule has 0 radical (unpaired) electrons. The van der Waals surface area contributed by atoms with E-state index < -0.39 is 23.9 Å². The van der Waals surface area contributed by atoms with Crippen LogP contribution >= 0.6 is 0 Å². The molecule has 1 aromatic carbocycles. The highest BCUT2D eigenvalue weighted by Gasteiger charge is 2.33. The summed E-state index contributed by atoms with van der Waals surface area (Å²) in [7, 11) is 2.14. The van der Waals surface area contributed by atoms with Crippen molar-refractivity contribution in [3.05, 3.63) is 42.0 Å². The van der Waals surface area contributed by atoms with E-state index in [0.717, 1.165) is 50.1 Å². The number of carboxylic acid groups (broad SMARTS) is 1. The molecule has 0 aromatic heterocycles. The first-order valence-electron chi connectivity index (χ1n) is 10.9. The predicted molar refractivity (Wildman–Crippen MR) is 119 cm³/mol. The van der Waals surface area contributed by atoms with Gasteiger partial charge < -0.3 is 20.1 Å². The number of likely N-dealkylation sites (tertiary alicyclic amines) is 1. The summed E-state index contributed by atoms with van der Waals surface area (Å²) in [5.74, 6) is -2.31. The number of ether oxygens (including phenoxy) is 1. The van der Waals surface area contributed by atoms with Crippen molar-refractivity contribution >= 4 is 17.8 Å². The Bertz CT molecular complexity index is 820. The molecule has 1 heterocycles. The number of nitrogens with zero attached hydrogens (tertiary/aromatic N) is 1. The highest BCUT2D eigenvalue weighted by Crippen LogP contribution is 2.37. The quantitative estimate of drug-likeness (QED) is 0.374. The molecule has 170 valence electrons. The van der Waals surface area contributed by atoms with Crippen molar-refractivity contribution in [3.8, 4) is 5.75 Å². The van der Waals surface area contributed by atoms with Crippen LogP contribution in [0.1, 0.15) is 52.0 Å². The summed E-state index contributed by atoms with van der Waals surface area (Å²) in [5, 5.41) is 11.5. The molecule has 0 saturated carbocycles. The molecule has 1 aromatic rings. The predicted octanol–water partition coefficient (Wildman–Crippen LogP) is 3.14. The molecule has 1 fully saturated rings. The van der Waals surface area contributed by atoms with E-state index in [1.54, 1.807) is 19.9 Å². The maximum absolute atomic E-state index is 12.2. The van der Waals surface area contributed by atoms with Crippen molar-refractivity contribution in [2.45, 2.75) is 57.9 Å². The zero-order valence-corrected chi connectivity index (χ0v) is 18.9. The lowest BCUT2D eigenvalue weighted by Gasteiger charge is -2.35. The zero-order chi connectivity index (χ0) is 23.0. The maximum atomic E-state index is 12.2. The lowest BCUT2D eigenvalue weighted by atomic mass is 9.74. The smallest absolute Gasteiger partial charge is 0.336 e. The molecule has 0 aliphatic carbocycles. The normalized spacial score (nSPS) is 20.9. The fourth-order valence-corrected chi connectivity index (χ4v) is 4.15. The molecule has 7 heteroatoms. The Balaban J connectivity index is 2.06. The molecular formula is C24H34N2O5. The number of nitrogens with one attached hydrogen (secondary N) is 1. The minimum atomic E-state index is -1.12. The van der Waals surface area contributed by atoms with Gasteiger partial charge in [0.25, 0.3) is 0 Å². The van der Waals surface area contributed by atoms with Gasteiger partial charge in [-0.1, -0.05) is 39.3 Å². The van der Waals surface area contributed by atoms with E-state index in [0.29, 0.717) is 5.75 Å². The lowest BCUT2D eigenvalue weighted by Crippen LogP contribution is -2.43. The van der Waals surface area contributed by atoms with Crippen molar-refractivity contribution in [2.75, 3.05) is 20.1 Å². The standard InChI is InChI=1S/C24H34N2O5/c1-5-24(13-6-7-14-26(4)16-24)18-9-8-10-19(15-18)31-21(28)12-11-20(27)25-22(17(2)3)23(29)30/h8-12,15,17,22H,5-7,13-14,16H2,1-4H3,(H,25,27)(H,29,30). The van der Waals surface area contributed by atoms with Crippen LogP contribution in [0, 0.1) is 5.92 Å². The number of carbonyl (C=O) groups is 3. The first-order valence-corrected chi connectivity index (χ1v) is 10.9. The lowest BCUT2D eigenvalue weighted by molar-refractivity contribution is -0.142. The van der Waals surface area contributed by atoms with Crippen LogP contribution in [0.4, 0.5) is 0 Å². The molecule has 2 N–H and O–H groups in total. The third-order valence-corrected chi connectivity index (χ3v) is 5.96. The molecular weight excluding hydrogens is 396 g/mol. The second-order valence-corrected chi connectivity index (χ2v) is 8.68. The van der Waals surface area contributed by atoms with Crippen molar-refractivity contribution in [2.24, 2.45) is 5.92 Å². The van der Waals surface area contributed by atoms with E-state index in [1.807, 2.05) is 12.1 Å². The average Bonchev–Trinajstić information content (AvgIpc) is 2.92. The third-order valence-electron chi connectivity index (χ3n) is 5.96. The van der Waals surface area contributed by atoms with Crippen molar-refractivity contribution in [1.82, 2.24) is 10.2 Å². The number of likely N-dealkylation sites (N-methyl/N-ethyl adjacent to an activating group) is 1. The van der Waals surface area contributed by atoms with Crippen molar-refractivity contribution in [3.63, 3.8) is 0 Å². The minimum absolute atomic E-state index is 0.0199. The number of hydrogen-bond donors (Lipinski definition) is 2. The van der Waals surface area contributed by atoms with Crippen LogP contribution in [0.25, 0.3) is 0 Å². The van der Waals surface area contributed by atoms with Crippen LogP contribution in [0.3, 0.4) is 0 Å². The van der Waals surface area contributed by atoms with Gasteiger partial charge in [-0.3, -0.25) is 4.79 Å². The summed E-state index contributed by atoms with van der Waals surface area (Å²) in [6.45, 7) is 7.63. The molecule has 1 aliphatic heterocycles. The Morgan fingerprint density at radius 2 is 2.00 bits per heavy atom. The molecule has 0 spiro atoms. The summed E-state index contributed by atoms with van der Waals surface area (Å²) >= 11 is 0. The number of carboxylic acids is 1. The van der Waals surface area contributed by atoms with E-state index in [2.05, 4.69) is 30.3 Å². The molecule has 2 atom stereocenters. The van der Waals surface area contributed by atoms with Crippen LogP contribution < -0.4 is 10.1 Å². The monoisotopic (exact) mass is 430 g/mol. The number of benzene rings is 1. The van der Waals surface area contributed by atoms with Gasteiger partial charge in [0.05, 0.1) is 0 Å². The first kappa shape index (κ1) is 24.6. The summed E-state index contributed by atoms with van der Waals surface area (Å²) in [4.78, 5) is 37.7. The molecule has 1 aliphatic rings. The Morgan fingerprint density at radius 3 is 2.65 bits per heavy atom. The Labute approximate surface area is 184 Å². The number of aliphatic carboxylic acids is 1. The van der Waals surface area contributed by atoms with Gasteiger partial charge in [-0.15, -0.1) is 0 Å². The second-order valence-electron chi connectivity index (χ2n) is 8.68. The second kappa shape index (κ2) is 11.1. The van der Waals surface area contributed by atoms with E-state index in [1.165, 1.54) is 6.42 Å². The summed E-state index contributed by atoms with van der Waals surface area (Å²) in [6, 6.07) is 6.58. The third kappa shape index (κ3) is 6.92. The highest BCUT2D eigenvalue weighted by atomic mass is 16.5. The van der Waals surface area contributed by atoms with Gasteiger partial charge >= 0.3 is 11.9 Å². The SMILES string of the molecule is CCC1(c2cccc(OC(=O)C=CC(=O)NC(C(=O)O)C(C)C)c2)CCCCN(C)C1. The van der Waals surface area contributed by atoms with Gasteiger partial charge in [-0.05, 0) is 56.5 Å². The van der Waals surface area contributed by atoms with Crippen LogP contribution in [0.2, 0.25) is 0 Å². The van der Waals surface area contributed by atoms with Gasteiger partial charge in [0.15, 0.2) is 0 Å². The average molecular weight is 431 g/mol. The molecule has 1 amide bonds. The maximum Gasteiger partial charge on any atom is 0.336 e. The number of hydrogen-bond acceptors (Lipinski definition) is 5. The molecule has 2 unspecified atom stereocenters. The summed E-state index contributed by atoms with van der Waals surface area (Å²) in [6.07, 6.45) is 6.43. The largest absolute Gasteiger partial charge is 0.480 e. The first-order chi connectivity index (χ1) is 14.7. The van der Waals surface area contributed by atoms with Crippen LogP contribution in [-0.4, -0.2) is 54.0 Å². The zero-order valence-electron chi connectivity index (χ0n) is 18.9. The van der Waals surface area contributed by atoms with Gasteiger partial charge in [0, 0.05) is 24.1 Å². The Kier molecular flexibility index (Phi) is 8.80. The number of amides is 1. The van der Waals surface area contributed by atoms with Gasteiger partial charge in [-0.25, -0.2) is 9.59 Å². The fourth-order valence-electron chi connectivity index (χ4n) is 4.15. The van der Waals surface area contributed by atoms with Crippen LogP contribution in [0.15, 0.2) is 36.4 Å². The number of rotatable bonds is 8. The fraction of sp³-hybridized carbons (Fsp3) is 0.542. The molecule has 2 rings (SSSR count). The van der Waals surface area contributed by atoms with Gasteiger partial charge in [0.1, 0.15) is 11.8 Å². The number of esters is 1. The molecule has 31 heavy (non-hydrogen) atoms. The highest BCUT2D eigenvalue weighted by molar-refractivity contribution is 5.96. The van der Waals surface area contributed by atoms with E-state index >= 15 is 0 Å². The van der Waals surface area contributed by atoms with E-state index in [4.69, 9.17) is 9.84 Å². The van der Waals surface area contributed by atoms with E-state index in [-0.39, 0.29) is 11.3 Å². The number of carbonyl (C=O) groups excluding carboxylic acids is 2. The van der Waals surface area contributed by atoms with Crippen molar-refractivity contribution in [1.29, 1.82) is 0 Å². The van der Waals surface area contributed by atoms with E-state index in [9.17, 15) is 14.4 Å². The molecule has 0 bridgehead atoms. The topological polar surface area (TPSA) is 95.9 Å². The van der Waals surface area contributed by atoms with Gasteiger partial charge in [0.2, 0.25) is 5.91 Å². The molecule has 7 nitrogen and oxygen atoms in total. The Hall–Kier alpha value is -2.67. The Morgan fingerprint density at radius 1 is 1.26 bits per heavy atom. The summed E-state index contributed by atoms with van der Waals surface area (Å²) < 4.78 is 5.41. The van der Waals surface area contributed by atoms with Crippen LogP contribution in [-0.2, 0) is 19.8 Å². The van der Waals surface area contributed by atoms with Gasteiger partial charge in [-0.2, -0.15) is 0 Å². The minimum Gasteiger partial charge on any atom is -0.480 e. The van der Waals surface area contributed by atoms with Crippen molar-refractivity contribution < 1.29 is 24.2 Å². The molecule has 1 saturated heterocycles.